The number of carbonyl (C=O) groups is 1. The number of fused-ring (bicyclic) bond motifs is 1. The summed E-state index contributed by atoms with van der Waals surface area (Å²) in [6.45, 7) is 0.623. The third-order valence-corrected chi connectivity index (χ3v) is 7.18. The molecule has 2 fully saturated rings. The van der Waals surface area contributed by atoms with Crippen LogP contribution < -0.4 is 0 Å². The fraction of sp³-hybridized carbons (Fsp3) is 0.375. The molecule has 1 aromatic heterocycles. The van der Waals surface area contributed by atoms with Crippen LogP contribution in [0.15, 0.2) is 30.5 Å². The van der Waals surface area contributed by atoms with Crippen molar-refractivity contribution in [3.8, 4) is 11.3 Å². The molecule has 4 rings (SSSR count). The van der Waals surface area contributed by atoms with Crippen molar-refractivity contribution in [2.75, 3.05) is 18.8 Å². The van der Waals surface area contributed by atoms with Gasteiger partial charge in [-0.05, 0) is 24.5 Å². The molecule has 2 aliphatic heterocycles. The first-order chi connectivity index (χ1) is 11.5. The van der Waals surface area contributed by atoms with Crippen molar-refractivity contribution < 1.29 is 17.6 Å². The van der Waals surface area contributed by atoms with Crippen LogP contribution in [0.3, 0.4) is 0 Å². The maximum Gasteiger partial charge on any atom is 0.257 e. The minimum absolute atomic E-state index is 0.00256. The number of halogens is 1. The Hall–Kier alpha value is -2.22. The Morgan fingerprint density at radius 1 is 1.29 bits per heavy atom. The molecule has 0 radical (unpaired) electrons. The highest BCUT2D eigenvalue weighted by Gasteiger charge is 2.47. The monoisotopic (exact) mass is 349 g/mol. The Kier molecular flexibility index (Phi) is 3.45. The average Bonchev–Trinajstić information content (AvgIpc) is 3.25. The van der Waals surface area contributed by atoms with Gasteiger partial charge in [0.1, 0.15) is 5.82 Å². The zero-order valence-electron chi connectivity index (χ0n) is 12.8. The van der Waals surface area contributed by atoms with Crippen LogP contribution in [0.25, 0.3) is 11.3 Å². The van der Waals surface area contributed by atoms with Gasteiger partial charge in [0.2, 0.25) is 0 Å². The van der Waals surface area contributed by atoms with Crippen LogP contribution in [0, 0.1) is 11.7 Å². The van der Waals surface area contributed by atoms with Gasteiger partial charge in [-0.3, -0.25) is 9.89 Å². The zero-order chi connectivity index (χ0) is 16.9. The number of amides is 1. The fourth-order valence-corrected chi connectivity index (χ4v) is 5.80. The number of nitrogens with zero attached hydrogens (tertiary/aromatic N) is 2. The molecule has 126 valence electrons. The molecular weight excluding hydrogens is 333 g/mol. The van der Waals surface area contributed by atoms with Gasteiger partial charge in [0, 0.05) is 18.7 Å². The summed E-state index contributed by atoms with van der Waals surface area (Å²) in [5.74, 6) is -0.553. The molecule has 0 saturated carbocycles. The maximum absolute atomic E-state index is 14.0. The van der Waals surface area contributed by atoms with E-state index in [9.17, 15) is 17.6 Å². The van der Waals surface area contributed by atoms with Gasteiger partial charge in [-0.25, -0.2) is 12.8 Å². The number of hydrogen-bond acceptors (Lipinski definition) is 4. The van der Waals surface area contributed by atoms with Crippen molar-refractivity contribution in [2.45, 2.75) is 11.7 Å². The maximum atomic E-state index is 14.0. The van der Waals surface area contributed by atoms with Gasteiger partial charge in [0.15, 0.2) is 9.84 Å². The van der Waals surface area contributed by atoms with E-state index in [4.69, 9.17) is 0 Å². The number of hydrogen-bond donors (Lipinski definition) is 1. The second-order valence-electron chi connectivity index (χ2n) is 6.30. The van der Waals surface area contributed by atoms with Gasteiger partial charge >= 0.3 is 0 Å². The highest BCUT2D eigenvalue weighted by atomic mass is 32.2. The molecule has 0 aliphatic carbocycles. The first-order valence-corrected chi connectivity index (χ1v) is 9.48. The summed E-state index contributed by atoms with van der Waals surface area (Å²) >= 11 is 0. The lowest BCUT2D eigenvalue weighted by atomic mass is 10.1. The lowest BCUT2D eigenvalue weighted by Crippen LogP contribution is -2.32. The Bertz CT molecular complexity index is 909. The molecule has 0 spiro atoms. The second kappa shape index (κ2) is 5.41. The predicted octanol–water partition coefficient (Wildman–Crippen LogP) is 1.47. The van der Waals surface area contributed by atoms with Crippen molar-refractivity contribution >= 4 is 15.7 Å². The largest absolute Gasteiger partial charge is 0.337 e. The van der Waals surface area contributed by atoms with Crippen LogP contribution in [0.1, 0.15) is 16.8 Å². The lowest BCUT2D eigenvalue weighted by molar-refractivity contribution is 0.0787. The molecule has 2 aromatic rings. The van der Waals surface area contributed by atoms with Gasteiger partial charge in [-0.2, -0.15) is 5.10 Å². The molecule has 2 atom stereocenters. The summed E-state index contributed by atoms with van der Waals surface area (Å²) in [5, 5.41) is 6.09. The smallest absolute Gasteiger partial charge is 0.257 e. The minimum Gasteiger partial charge on any atom is -0.337 e. The minimum atomic E-state index is -3.11. The summed E-state index contributed by atoms with van der Waals surface area (Å²) in [6.07, 6.45) is 1.97. The Labute approximate surface area is 138 Å². The summed E-state index contributed by atoms with van der Waals surface area (Å²) in [5.41, 5.74) is 0.848. The zero-order valence-corrected chi connectivity index (χ0v) is 13.6. The van der Waals surface area contributed by atoms with Crippen molar-refractivity contribution in [1.82, 2.24) is 15.1 Å². The topological polar surface area (TPSA) is 83.1 Å². The molecule has 0 unspecified atom stereocenters. The molecule has 3 heterocycles. The molecule has 6 nitrogen and oxygen atoms in total. The molecule has 1 N–H and O–H groups in total. The van der Waals surface area contributed by atoms with Gasteiger partial charge < -0.3 is 4.90 Å². The van der Waals surface area contributed by atoms with Crippen molar-refractivity contribution in [3.63, 3.8) is 0 Å². The number of aromatic amines is 1. The quantitative estimate of drug-likeness (QED) is 0.890. The van der Waals surface area contributed by atoms with Crippen LogP contribution in [0.2, 0.25) is 0 Å². The van der Waals surface area contributed by atoms with E-state index >= 15 is 0 Å². The number of sulfone groups is 1. The predicted molar refractivity (Wildman–Crippen MR) is 85.6 cm³/mol. The molecular formula is C16H16FN3O3S. The third-order valence-electron chi connectivity index (χ3n) is 4.92. The summed E-state index contributed by atoms with van der Waals surface area (Å²) in [6, 6.07) is 6.14. The number of nitrogens with one attached hydrogen (secondary N) is 1. The van der Waals surface area contributed by atoms with Gasteiger partial charge in [0.05, 0.1) is 28.5 Å². The summed E-state index contributed by atoms with van der Waals surface area (Å²) < 4.78 is 38.1. The second-order valence-corrected chi connectivity index (χ2v) is 8.64. The number of likely N-dealkylation sites (tertiary alicyclic amines) is 1. The Balaban J connectivity index is 1.64. The van der Waals surface area contributed by atoms with Crippen molar-refractivity contribution in [1.29, 1.82) is 0 Å². The number of aromatic nitrogens is 2. The van der Waals surface area contributed by atoms with E-state index in [0.717, 1.165) is 0 Å². The van der Waals surface area contributed by atoms with Crippen LogP contribution in [0.5, 0.6) is 0 Å². The summed E-state index contributed by atoms with van der Waals surface area (Å²) in [4.78, 5) is 14.3. The number of H-pyrrole nitrogens is 1. The van der Waals surface area contributed by atoms with Crippen molar-refractivity contribution in [2.24, 2.45) is 5.92 Å². The molecule has 2 saturated heterocycles. The molecule has 1 aromatic carbocycles. The number of carbonyl (C=O) groups excluding carboxylic acids is 1. The first kappa shape index (κ1) is 15.3. The summed E-state index contributed by atoms with van der Waals surface area (Å²) in [7, 11) is -3.11. The van der Waals surface area contributed by atoms with E-state index in [1.165, 1.54) is 12.3 Å². The number of rotatable bonds is 2. The molecule has 1 amide bonds. The highest BCUT2D eigenvalue weighted by Crippen LogP contribution is 2.35. The van der Waals surface area contributed by atoms with Crippen molar-refractivity contribution in [3.05, 3.63) is 41.8 Å². The van der Waals surface area contributed by atoms with Gasteiger partial charge in [-0.15, -0.1) is 0 Å². The van der Waals surface area contributed by atoms with E-state index in [0.29, 0.717) is 18.7 Å². The lowest BCUT2D eigenvalue weighted by Gasteiger charge is -2.17. The van der Waals surface area contributed by atoms with E-state index in [-0.39, 0.29) is 35.2 Å². The number of benzene rings is 1. The molecule has 24 heavy (non-hydrogen) atoms. The highest BCUT2D eigenvalue weighted by molar-refractivity contribution is 7.92. The molecule has 2 aliphatic rings. The fourth-order valence-electron chi connectivity index (χ4n) is 3.65. The standard InChI is InChI=1S/C16H16FN3O3S/c17-13-4-2-1-3-11(13)15-12(7-18-19-15)16(21)20-8-10-5-6-24(22,23)14(10)9-20/h1-4,7,10,14H,5-6,8-9H2,(H,18,19)/t10-,14+/m0/s1. The van der Waals surface area contributed by atoms with Crippen LogP contribution in [-0.4, -0.2) is 53.5 Å². The van der Waals surface area contributed by atoms with E-state index in [1.54, 1.807) is 23.1 Å². The van der Waals surface area contributed by atoms with Gasteiger partial charge in [-0.1, -0.05) is 12.1 Å². The van der Waals surface area contributed by atoms with Crippen LogP contribution in [0.4, 0.5) is 4.39 Å². The third kappa shape index (κ3) is 2.32. The first-order valence-electron chi connectivity index (χ1n) is 7.76. The van der Waals surface area contributed by atoms with E-state index in [2.05, 4.69) is 10.2 Å². The van der Waals surface area contributed by atoms with E-state index in [1.807, 2.05) is 0 Å². The Morgan fingerprint density at radius 2 is 2.08 bits per heavy atom. The average molecular weight is 349 g/mol. The van der Waals surface area contributed by atoms with Crippen LogP contribution >= 0.6 is 0 Å². The SMILES string of the molecule is O=C(c1cn[nH]c1-c1ccccc1F)N1C[C@@H]2CCS(=O)(=O)[C@@H]2C1. The normalized spacial score (nSPS) is 25.0. The molecule has 8 heteroatoms. The molecule has 0 bridgehead atoms. The van der Waals surface area contributed by atoms with Crippen LogP contribution in [-0.2, 0) is 9.84 Å². The van der Waals surface area contributed by atoms with E-state index < -0.39 is 20.9 Å². The Morgan fingerprint density at radius 3 is 2.83 bits per heavy atom. The van der Waals surface area contributed by atoms with Gasteiger partial charge in [0.25, 0.3) is 5.91 Å².